The summed E-state index contributed by atoms with van der Waals surface area (Å²) >= 11 is 0. The van der Waals surface area contributed by atoms with Crippen molar-refractivity contribution >= 4 is 17.8 Å². The minimum atomic E-state index is -0.860. The number of carbonyl (C=O) groups is 3. The van der Waals surface area contributed by atoms with Gasteiger partial charge in [-0.3, -0.25) is 14.5 Å². The van der Waals surface area contributed by atoms with Gasteiger partial charge in [-0.25, -0.2) is 4.79 Å². The molecule has 0 spiro atoms. The second-order valence-corrected chi connectivity index (χ2v) is 9.43. The van der Waals surface area contributed by atoms with Gasteiger partial charge in [-0.05, 0) is 55.1 Å². The van der Waals surface area contributed by atoms with Gasteiger partial charge in [0, 0.05) is 0 Å². The maximum absolute atomic E-state index is 12.7. The van der Waals surface area contributed by atoms with Gasteiger partial charge in [-0.2, -0.15) is 0 Å². The lowest BCUT2D eigenvalue weighted by molar-refractivity contribution is -0.135. The minimum Gasteiger partial charge on any atom is -0.347 e. The summed E-state index contributed by atoms with van der Waals surface area (Å²) in [5, 5.41) is 5.80. The largest absolute Gasteiger partial charge is 0.347 e. The van der Waals surface area contributed by atoms with Crippen LogP contribution in [-0.2, 0) is 16.0 Å². The highest BCUT2D eigenvalue weighted by Gasteiger charge is 2.56. The number of rotatable bonds is 8. The Morgan fingerprint density at radius 2 is 1.79 bits per heavy atom. The quantitative estimate of drug-likeness (QED) is 0.658. The average molecular weight is 400 g/mol. The Hall–Kier alpha value is -2.37. The molecule has 0 radical (unpaired) electrons. The molecule has 3 rings (SSSR count). The number of urea groups is 1. The molecule has 2 aliphatic rings. The van der Waals surface area contributed by atoms with E-state index < -0.39 is 11.6 Å². The second kappa shape index (κ2) is 8.17. The number of hydrogen-bond donors (Lipinski definition) is 2. The van der Waals surface area contributed by atoms with E-state index in [1.165, 1.54) is 5.56 Å². The molecule has 1 aromatic rings. The Balaban J connectivity index is 1.65. The normalized spacial score (nSPS) is 22.9. The zero-order valence-electron chi connectivity index (χ0n) is 18.1. The predicted molar refractivity (Wildman–Crippen MR) is 112 cm³/mol. The highest BCUT2D eigenvalue weighted by atomic mass is 16.2. The van der Waals surface area contributed by atoms with E-state index in [0.717, 1.165) is 29.7 Å². The fourth-order valence-corrected chi connectivity index (χ4v) is 4.13. The van der Waals surface area contributed by atoms with Crippen LogP contribution in [0.3, 0.4) is 0 Å². The minimum absolute atomic E-state index is 0.175. The number of nitrogens with one attached hydrogen (secondary N) is 2. The molecule has 2 fully saturated rings. The molecule has 1 saturated carbocycles. The fourth-order valence-electron chi connectivity index (χ4n) is 4.13. The van der Waals surface area contributed by atoms with Crippen molar-refractivity contribution in [2.24, 2.45) is 17.8 Å². The van der Waals surface area contributed by atoms with E-state index >= 15 is 0 Å². The molecule has 0 aromatic heterocycles. The number of carbonyl (C=O) groups excluding carboxylic acids is 3. The maximum atomic E-state index is 12.7. The van der Waals surface area contributed by atoms with Gasteiger partial charge in [0.1, 0.15) is 12.1 Å². The Kier molecular flexibility index (Phi) is 6.01. The highest BCUT2D eigenvalue weighted by molar-refractivity contribution is 6.09. The van der Waals surface area contributed by atoms with Gasteiger partial charge < -0.3 is 10.6 Å². The smallest absolute Gasteiger partial charge is 0.325 e. The van der Waals surface area contributed by atoms with E-state index in [-0.39, 0.29) is 36.2 Å². The van der Waals surface area contributed by atoms with E-state index in [4.69, 9.17) is 0 Å². The standard InChI is InChI=1S/C23H33N3O3/c1-14(2)12-16-6-8-17(9-7-16)20(15(3)4)24-19(27)13-26-21(28)23(5,18-10-11-18)25-22(26)29/h6-9,14-15,18,20H,10-13H2,1-5H3,(H,24,27)(H,25,29). The summed E-state index contributed by atoms with van der Waals surface area (Å²) in [7, 11) is 0. The lowest BCUT2D eigenvalue weighted by Gasteiger charge is -2.25. The van der Waals surface area contributed by atoms with Crippen molar-refractivity contribution in [2.75, 3.05) is 6.54 Å². The van der Waals surface area contributed by atoms with Gasteiger partial charge in [0.05, 0.1) is 6.04 Å². The first-order chi connectivity index (χ1) is 13.6. The van der Waals surface area contributed by atoms with Crippen molar-refractivity contribution in [1.82, 2.24) is 15.5 Å². The van der Waals surface area contributed by atoms with Crippen molar-refractivity contribution in [3.63, 3.8) is 0 Å². The van der Waals surface area contributed by atoms with Crippen LogP contribution in [0, 0.1) is 17.8 Å². The third-order valence-electron chi connectivity index (χ3n) is 5.96. The summed E-state index contributed by atoms with van der Waals surface area (Å²) in [5.41, 5.74) is 1.44. The van der Waals surface area contributed by atoms with E-state index in [1.54, 1.807) is 6.92 Å². The fraction of sp³-hybridized carbons (Fsp3) is 0.609. The molecule has 1 saturated heterocycles. The van der Waals surface area contributed by atoms with Crippen molar-refractivity contribution in [3.8, 4) is 0 Å². The summed E-state index contributed by atoms with van der Waals surface area (Å²) in [6, 6.07) is 7.68. The third kappa shape index (κ3) is 4.62. The SMILES string of the molecule is CC(C)Cc1ccc(C(NC(=O)CN2C(=O)NC(C)(C3CC3)C2=O)C(C)C)cc1. The Labute approximate surface area is 173 Å². The first-order valence-electron chi connectivity index (χ1n) is 10.6. The predicted octanol–water partition coefficient (Wildman–Crippen LogP) is 3.42. The van der Waals surface area contributed by atoms with Gasteiger partial charge in [0.2, 0.25) is 5.91 Å². The van der Waals surface area contributed by atoms with E-state index in [2.05, 4.69) is 48.7 Å². The zero-order chi connectivity index (χ0) is 21.3. The van der Waals surface area contributed by atoms with E-state index in [1.807, 2.05) is 13.8 Å². The van der Waals surface area contributed by atoms with Gasteiger partial charge in [-0.1, -0.05) is 52.0 Å². The topological polar surface area (TPSA) is 78.5 Å². The molecular formula is C23H33N3O3. The Bertz CT molecular complexity index is 783. The summed E-state index contributed by atoms with van der Waals surface area (Å²) in [4.78, 5) is 38.8. The number of benzene rings is 1. The maximum Gasteiger partial charge on any atom is 0.325 e. The van der Waals surface area contributed by atoms with Crippen molar-refractivity contribution in [1.29, 1.82) is 0 Å². The van der Waals surface area contributed by atoms with Gasteiger partial charge >= 0.3 is 6.03 Å². The average Bonchev–Trinajstić information content (AvgIpc) is 3.46. The van der Waals surface area contributed by atoms with Crippen LogP contribution < -0.4 is 10.6 Å². The lowest BCUT2D eigenvalue weighted by Crippen LogP contribution is -2.47. The zero-order valence-corrected chi connectivity index (χ0v) is 18.1. The first-order valence-corrected chi connectivity index (χ1v) is 10.6. The molecule has 4 amide bonds. The third-order valence-corrected chi connectivity index (χ3v) is 5.96. The van der Waals surface area contributed by atoms with Gasteiger partial charge in [0.25, 0.3) is 5.91 Å². The van der Waals surface area contributed by atoms with Crippen LogP contribution in [0.25, 0.3) is 0 Å². The van der Waals surface area contributed by atoms with Crippen molar-refractivity contribution in [3.05, 3.63) is 35.4 Å². The van der Waals surface area contributed by atoms with Crippen LogP contribution in [0.15, 0.2) is 24.3 Å². The molecule has 6 nitrogen and oxygen atoms in total. The van der Waals surface area contributed by atoms with Crippen LogP contribution >= 0.6 is 0 Å². The van der Waals surface area contributed by atoms with Crippen LogP contribution in [0.5, 0.6) is 0 Å². The molecule has 0 bridgehead atoms. The van der Waals surface area contributed by atoms with Crippen LogP contribution in [-0.4, -0.2) is 34.8 Å². The molecule has 158 valence electrons. The van der Waals surface area contributed by atoms with Crippen molar-refractivity contribution in [2.45, 2.75) is 65.5 Å². The first kappa shape index (κ1) is 21.3. The van der Waals surface area contributed by atoms with Crippen molar-refractivity contribution < 1.29 is 14.4 Å². The molecule has 29 heavy (non-hydrogen) atoms. The molecule has 1 heterocycles. The highest BCUT2D eigenvalue weighted by Crippen LogP contribution is 2.42. The molecule has 6 heteroatoms. The van der Waals surface area contributed by atoms with E-state index in [0.29, 0.717) is 5.92 Å². The summed E-state index contributed by atoms with van der Waals surface area (Å²) in [6.45, 7) is 9.99. The molecule has 1 aromatic carbocycles. The summed E-state index contributed by atoms with van der Waals surface area (Å²) in [6.07, 6.45) is 2.89. The monoisotopic (exact) mass is 399 g/mol. The van der Waals surface area contributed by atoms with Crippen LogP contribution in [0.2, 0.25) is 0 Å². The molecule has 1 aliphatic carbocycles. The molecule has 2 unspecified atom stereocenters. The number of amides is 4. The molecule has 1 aliphatic heterocycles. The summed E-state index contributed by atoms with van der Waals surface area (Å²) < 4.78 is 0. The summed E-state index contributed by atoms with van der Waals surface area (Å²) in [5.74, 6) is 0.333. The number of nitrogens with zero attached hydrogens (tertiary/aromatic N) is 1. The van der Waals surface area contributed by atoms with Crippen LogP contribution in [0.1, 0.15) is 64.6 Å². The van der Waals surface area contributed by atoms with Crippen LogP contribution in [0.4, 0.5) is 4.79 Å². The number of hydrogen-bond acceptors (Lipinski definition) is 3. The number of imide groups is 1. The Morgan fingerprint density at radius 3 is 2.31 bits per heavy atom. The molecular weight excluding hydrogens is 366 g/mol. The van der Waals surface area contributed by atoms with Gasteiger partial charge in [-0.15, -0.1) is 0 Å². The second-order valence-electron chi connectivity index (χ2n) is 9.43. The molecule has 2 N–H and O–H groups in total. The van der Waals surface area contributed by atoms with E-state index in [9.17, 15) is 14.4 Å². The molecule has 2 atom stereocenters. The van der Waals surface area contributed by atoms with Gasteiger partial charge in [0.15, 0.2) is 0 Å². The lowest BCUT2D eigenvalue weighted by atomic mass is 9.93. The Morgan fingerprint density at radius 1 is 1.17 bits per heavy atom.